The second-order valence-corrected chi connectivity index (χ2v) is 9.87. The molecule has 2 aromatic rings. The van der Waals surface area contributed by atoms with Crippen LogP contribution in [0.3, 0.4) is 0 Å². The second-order valence-electron chi connectivity index (χ2n) is 6.50. The molecule has 1 aliphatic carbocycles. The lowest BCUT2D eigenvalue weighted by Crippen LogP contribution is -2.18. The highest BCUT2D eigenvalue weighted by atomic mass is 32.2. The standard InChI is InChI=1S/C19H23NO3S2/c1-3-17-13(2)11-18(24-17)19(21)20-14-7-6-10-16(12-14)25(22,23)15-8-4-5-9-15/h6-7,10-12,15H,3-5,8-9H2,1-2H3,(H,20,21). The number of sulfone groups is 1. The number of carbonyl (C=O) groups is 1. The van der Waals surface area contributed by atoms with Crippen LogP contribution in [-0.2, 0) is 16.3 Å². The number of aryl methyl sites for hydroxylation is 2. The van der Waals surface area contributed by atoms with Crippen LogP contribution in [0.15, 0.2) is 35.2 Å². The molecular weight excluding hydrogens is 354 g/mol. The number of amides is 1. The highest BCUT2D eigenvalue weighted by molar-refractivity contribution is 7.92. The fourth-order valence-electron chi connectivity index (χ4n) is 3.32. The van der Waals surface area contributed by atoms with E-state index in [9.17, 15) is 13.2 Å². The van der Waals surface area contributed by atoms with E-state index in [1.165, 1.54) is 16.2 Å². The van der Waals surface area contributed by atoms with Crippen LogP contribution in [0.4, 0.5) is 5.69 Å². The van der Waals surface area contributed by atoms with Crippen LogP contribution in [0.1, 0.15) is 52.7 Å². The van der Waals surface area contributed by atoms with Gasteiger partial charge in [-0.2, -0.15) is 0 Å². The van der Waals surface area contributed by atoms with Gasteiger partial charge in [-0.25, -0.2) is 8.42 Å². The van der Waals surface area contributed by atoms with Gasteiger partial charge < -0.3 is 5.32 Å². The maximum Gasteiger partial charge on any atom is 0.265 e. The molecule has 25 heavy (non-hydrogen) atoms. The van der Waals surface area contributed by atoms with Gasteiger partial charge in [0.1, 0.15) is 0 Å². The number of benzene rings is 1. The Hall–Kier alpha value is -1.66. The molecule has 1 N–H and O–H groups in total. The van der Waals surface area contributed by atoms with Crippen LogP contribution in [-0.4, -0.2) is 19.6 Å². The Morgan fingerprint density at radius 2 is 1.96 bits per heavy atom. The summed E-state index contributed by atoms with van der Waals surface area (Å²) in [5.74, 6) is -0.191. The number of nitrogens with one attached hydrogen (secondary N) is 1. The normalized spacial score (nSPS) is 15.4. The lowest BCUT2D eigenvalue weighted by atomic mass is 10.2. The first-order chi connectivity index (χ1) is 11.9. The van der Waals surface area contributed by atoms with E-state index >= 15 is 0 Å². The van der Waals surface area contributed by atoms with Crippen molar-refractivity contribution in [2.24, 2.45) is 0 Å². The van der Waals surface area contributed by atoms with Gasteiger partial charge >= 0.3 is 0 Å². The summed E-state index contributed by atoms with van der Waals surface area (Å²) in [6.07, 6.45) is 4.30. The summed E-state index contributed by atoms with van der Waals surface area (Å²) >= 11 is 1.49. The topological polar surface area (TPSA) is 63.2 Å². The van der Waals surface area contributed by atoms with Gasteiger partial charge in [0.05, 0.1) is 15.0 Å². The second kappa shape index (κ2) is 7.30. The average Bonchev–Trinajstić information content (AvgIpc) is 3.25. The number of hydrogen-bond donors (Lipinski definition) is 1. The highest BCUT2D eigenvalue weighted by Gasteiger charge is 2.30. The Morgan fingerprint density at radius 1 is 1.24 bits per heavy atom. The van der Waals surface area contributed by atoms with E-state index in [-0.39, 0.29) is 11.2 Å². The smallest absolute Gasteiger partial charge is 0.265 e. The molecular formula is C19H23NO3S2. The van der Waals surface area contributed by atoms with E-state index in [2.05, 4.69) is 12.2 Å². The fraction of sp³-hybridized carbons (Fsp3) is 0.421. The van der Waals surface area contributed by atoms with Gasteiger partial charge in [0.15, 0.2) is 9.84 Å². The minimum atomic E-state index is -3.32. The van der Waals surface area contributed by atoms with Gasteiger partial charge in [-0.15, -0.1) is 11.3 Å². The predicted molar refractivity (Wildman–Crippen MR) is 102 cm³/mol. The van der Waals surface area contributed by atoms with E-state index in [4.69, 9.17) is 0 Å². The van der Waals surface area contributed by atoms with Crippen molar-refractivity contribution in [1.82, 2.24) is 0 Å². The Kier molecular flexibility index (Phi) is 5.29. The largest absolute Gasteiger partial charge is 0.321 e. The van der Waals surface area contributed by atoms with Gasteiger partial charge in [0.25, 0.3) is 5.91 Å². The number of anilines is 1. The zero-order valence-electron chi connectivity index (χ0n) is 14.5. The van der Waals surface area contributed by atoms with E-state index in [1.54, 1.807) is 24.3 Å². The Labute approximate surface area is 153 Å². The lowest BCUT2D eigenvalue weighted by molar-refractivity contribution is 0.103. The zero-order chi connectivity index (χ0) is 18.0. The molecule has 1 fully saturated rings. The van der Waals surface area contributed by atoms with Gasteiger partial charge in [-0.3, -0.25) is 4.79 Å². The summed E-state index contributed by atoms with van der Waals surface area (Å²) in [6, 6.07) is 8.50. The predicted octanol–water partition coefficient (Wildman–Crippen LogP) is 4.59. The number of rotatable bonds is 5. The van der Waals surface area contributed by atoms with Crippen molar-refractivity contribution in [3.05, 3.63) is 45.6 Å². The van der Waals surface area contributed by atoms with Crippen molar-refractivity contribution in [3.63, 3.8) is 0 Å². The Balaban J connectivity index is 1.80. The first-order valence-corrected chi connectivity index (χ1v) is 11.0. The minimum absolute atomic E-state index is 0.191. The maximum atomic E-state index is 12.7. The lowest BCUT2D eigenvalue weighted by Gasteiger charge is -2.12. The van der Waals surface area contributed by atoms with E-state index in [0.717, 1.165) is 37.7 Å². The van der Waals surface area contributed by atoms with E-state index in [0.29, 0.717) is 15.5 Å². The van der Waals surface area contributed by atoms with E-state index in [1.807, 2.05) is 13.0 Å². The molecule has 0 bridgehead atoms. The Morgan fingerprint density at radius 3 is 2.60 bits per heavy atom. The number of carbonyl (C=O) groups excluding carboxylic acids is 1. The summed E-state index contributed by atoms with van der Waals surface area (Å²) in [5.41, 5.74) is 1.64. The molecule has 0 radical (unpaired) electrons. The molecule has 0 spiro atoms. The summed E-state index contributed by atoms with van der Waals surface area (Å²) in [5, 5.41) is 2.55. The van der Waals surface area contributed by atoms with Crippen LogP contribution in [0.2, 0.25) is 0 Å². The molecule has 0 saturated heterocycles. The molecule has 1 heterocycles. The van der Waals surface area contributed by atoms with Crippen molar-refractivity contribution in [2.75, 3.05) is 5.32 Å². The number of hydrogen-bond acceptors (Lipinski definition) is 4. The summed E-state index contributed by atoms with van der Waals surface area (Å²) in [4.78, 5) is 14.6. The monoisotopic (exact) mass is 377 g/mol. The summed E-state index contributed by atoms with van der Waals surface area (Å²) in [6.45, 7) is 4.07. The molecule has 6 heteroatoms. The van der Waals surface area contributed by atoms with Gasteiger partial charge in [0, 0.05) is 10.6 Å². The molecule has 1 aliphatic rings. The van der Waals surface area contributed by atoms with Crippen LogP contribution >= 0.6 is 11.3 Å². The molecule has 1 saturated carbocycles. The first kappa shape index (κ1) is 18.1. The molecule has 1 amide bonds. The third kappa shape index (κ3) is 3.80. The molecule has 4 nitrogen and oxygen atoms in total. The van der Waals surface area contributed by atoms with E-state index < -0.39 is 9.84 Å². The van der Waals surface area contributed by atoms with Gasteiger partial charge in [-0.05, 0) is 56.0 Å². The molecule has 1 aromatic heterocycles. The van der Waals surface area contributed by atoms with Crippen LogP contribution in [0.5, 0.6) is 0 Å². The van der Waals surface area contributed by atoms with Crippen molar-refractivity contribution in [1.29, 1.82) is 0 Å². The quantitative estimate of drug-likeness (QED) is 0.829. The molecule has 3 rings (SSSR count). The Bertz CT molecular complexity index is 878. The van der Waals surface area contributed by atoms with Crippen LogP contribution < -0.4 is 5.32 Å². The fourth-order valence-corrected chi connectivity index (χ4v) is 6.22. The van der Waals surface area contributed by atoms with Crippen molar-refractivity contribution < 1.29 is 13.2 Å². The van der Waals surface area contributed by atoms with Crippen molar-refractivity contribution in [2.45, 2.75) is 56.1 Å². The summed E-state index contributed by atoms with van der Waals surface area (Å²) < 4.78 is 25.4. The van der Waals surface area contributed by atoms with Gasteiger partial charge in [0.2, 0.25) is 0 Å². The highest BCUT2D eigenvalue weighted by Crippen LogP contribution is 2.31. The molecule has 0 aliphatic heterocycles. The first-order valence-electron chi connectivity index (χ1n) is 8.66. The van der Waals surface area contributed by atoms with Crippen LogP contribution in [0.25, 0.3) is 0 Å². The SMILES string of the molecule is CCc1sc(C(=O)Nc2cccc(S(=O)(=O)C3CCCC3)c2)cc1C. The molecule has 1 aromatic carbocycles. The van der Waals surface area contributed by atoms with Crippen LogP contribution in [0, 0.1) is 6.92 Å². The third-order valence-corrected chi connectivity index (χ3v) is 8.37. The van der Waals surface area contributed by atoms with Gasteiger partial charge in [-0.1, -0.05) is 25.8 Å². The summed E-state index contributed by atoms with van der Waals surface area (Å²) in [7, 11) is -3.32. The minimum Gasteiger partial charge on any atom is -0.321 e. The number of thiophene rings is 1. The molecule has 134 valence electrons. The average molecular weight is 378 g/mol. The van der Waals surface area contributed by atoms with Crippen molar-refractivity contribution in [3.8, 4) is 0 Å². The van der Waals surface area contributed by atoms with Crippen molar-refractivity contribution >= 4 is 32.8 Å². The zero-order valence-corrected chi connectivity index (χ0v) is 16.2. The molecule has 0 unspecified atom stereocenters. The molecule has 0 atom stereocenters. The third-order valence-electron chi connectivity index (χ3n) is 4.73. The maximum absolute atomic E-state index is 12.7.